The molecule has 1 amide bonds. The molecule has 1 fully saturated rings. The molecule has 0 saturated carbocycles. The summed E-state index contributed by atoms with van der Waals surface area (Å²) in [5, 5.41) is 8.97. The van der Waals surface area contributed by atoms with Crippen molar-refractivity contribution < 1.29 is 28.9 Å². The number of hydrogen-bond donors (Lipinski definition) is 1. The maximum absolute atomic E-state index is 12.4. The van der Waals surface area contributed by atoms with Crippen molar-refractivity contribution in [1.82, 2.24) is 9.88 Å². The van der Waals surface area contributed by atoms with E-state index in [1.54, 1.807) is 13.2 Å². The predicted molar refractivity (Wildman–Crippen MR) is 74.9 cm³/mol. The monoisotopic (exact) mass is 310 g/mol. The van der Waals surface area contributed by atoms with Crippen LogP contribution in [0.2, 0.25) is 0 Å². The second kappa shape index (κ2) is 7.71. The van der Waals surface area contributed by atoms with E-state index in [1.165, 1.54) is 17.2 Å². The number of carboxylic acid groups (broad SMARTS) is 1. The molecule has 8 nitrogen and oxygen atoms in total. The van der Waals surface area contributed by atoms with E-state index < -0.39 is 12.1 Å². The van der Waals surface area contributed by atoms with E-state index in [0.29, 0.717) is 31.2 Å². The maximum atomic E-state index is 12.4. The number of methoxy groups -OCH3 is 1. The van der Waals surface area contributed by atoms with E-state index in [1.807, 2.05) is 0 Å². The van der Waals surface area contributed by atoms with Crippen molar-refractivity contribution in [2.24, 2.45) is 0 Å². The van der Waals surface area contributed by atoms with Gasteiger partial charge >= 0.3 is 5.97 Å². The molecule has 0 radical (unpaired) electrons. The number of rotatable bonds is 6. The Morgan fingerprint density at radius 2 is 2.32 bits per heavy atom. The molecule has 1 aromatic rings. The zero-order valence-electron chi connectivity index (χ0n) is 12.2. The summed E-state index contributed by atoms with van der Waals surface area (Å²) in [7, 11) is 1.56. The average molecular weight is 310 g/mol. The van der Waals surface area contributed by atoms with E-state index in [4.69, 9.17) is 19.3 Å². The summed E-state index contributed by atoms with van der Waals surface area (Å²) in [5.41, 5.74) is 0.397. The fourth-order valence-electron chi connectivity index (χ4n) is 2.02. The van der Waals surface area contributed by atoms with Gasteiger partial charge in [0.15, 0.2) is 6.10 Å². The molecule has 1 N–H and O–H groups in total. The molecule has 1 unspecified atom stereocenters. The average Bonchev–Trinajstić information content (AvgIpc) is 2.55. The Bertz CT molecular complexity index is 536. The highest BCUT2D eigenvalue weighted by atomic mass is 16.5. The summed E-state index contributed by atoms with van der Waals surface area (Å²) >= 11 is 0. The van der Waals surface area contributed by atoms with Gasteiger partial charge in [-0.2, -0.15) is 0 Å². The second-order valence-electron chi connectivity index (χ2n) is 4.67. The summed E-state index contributed by atoms with van der Waals surface area (Å²) < 4.78 is 15.3. The van der Waals surface area contributed by atoms with Crippen LogP contribution in [0.25, 0.3) is 0 Å². The van der Waals surface area contributed by atoms with Crippen molar-refractivity contribution in [3.8, 4) is 5.88 Å². The van der Waals surface area contributed by atoms with Gasteiger partial charge in [0.1, 0.15) is 6.61 Å². The van der Waals surface area contributed by atoms with Gasteiger partial charge in [0.05, 0.1) is 19.8 Å². The highest BCUT2D eigenvalue weighted by Gasteiger charge is 2.29. The van der Waals surface area contributed by atoms with Crippen LogP contribution in [-0.4, -0.2) is 73.0 Å². The number of pyridine rings is 1. The molecule has 1 saturated heterocycles. The van der Waals surface area contributed by atoms with Crippen molar-refractivity contribution in [2.75, 3.05) is 40.0 Å². The zero-order valence-corrected chi connectivity index (χ0v) is 12.2. The van der Waals surface area contributed by atoms with Gasteiger partial charge in [0, 0.05) is 31.5 Å². The molecule has 120 valence electrons. The van der Waals surface area contributed by atoms with E-state index in [-0.39, 0.29) is 19.1 Å². The van der Waals surface area contributed by atoms with Gasteiger partial charge in [-0.15, -0.1) is 0 Å². The lowest BCUT2D eigenvalue weighted by molar-refractivity contribution is -0.154. The predicted octanol–water partition coefficient (Wildman–Crippen LogP) is 0.0324. The number of hydrogen-bond acceptors (Lipinski definition) is 6. The lowest BCUT2D eigenvalue weighted by Gasteiger charge is -2.30. The van der Waals surface area contributed by atoms with E-state index in [2.05, 4.69) is 4.98 Å². The molecule has 2 rings (SSSR count). The molecule has 1 atom stereocenters. The minimum absolute atomic E-state index is 0.0242. The Balaban J connectivity index is 2.02. The van der Waals surface area contributed by atoms with E-state index in [0.717, 1.165) is 0 Å². The molecule has 1 aliphatic heterocycles. The van der Waals surface area contributed by atoms with Crippen molar-refractivity contribution >= 4 is 11.9 Å². The van der Waals surface area contributed by atoms with Gasteiger partial charge in [-0.1, -0.05) is 0 Å². The lowest BCUT2D eigenvalue weighted by Crippen LogP contribution is -2.48. The molecule has 22 heavy (non-hydrogen) atoms. The Morgan fingerprint density at radius 1 is 1.50 bits per heavy atom. The largest absolute Gasteiger partial charge is 0.479 e. The summed E-state index contributed by atoms with van der Waals surface area (Å²) in [6.45, 7) is 1.33. The van der Waals surface area contributed by atoms with Gasteiger partial charge in [-0.3, -0.25) is 4.79 Å². The fraction of sp³-hybridized carbons (Fsp3) is 0.500. The smallest absolute Gasteiger partial charge is 0.334 e. The van der Waals surface area contributed by atoms with Gasteiger partial charge in [-0.25, -0.2) is 9.78 Å². The van der Waals surface area contributed by atoms with Gasteiger partial charge in [0.2, 0.25) is 5.88 Å². The van der Waals surface area contributed by atoms with Gasteiger partial charge in [0.25, 0.3) is 5.91 Å². The molecular weight excluding hydrogens is 292 g/mol. The molecule has 2 heterocycles. The van der Waals surface area contributed by atoms with Crippen LogP contribution in [0.1, 0.15) is 10.4 Å². The summed E-state index contributed by atoms with van der Waals surface area (Å²) in [5.74, 6) is -1.02. The Kier molecular flexibility index (Phi) is 5.68. The molecular formula is C14H18N2O6. The second-order valence-corrected chi connectivity index (χ2v) is 4.67. The standard InChI is InChI=1S/C14H18N2O6/c1-20-6-7-22-12-8-10(2-3-15-12)13(17)16-4-5-21-11(9-16)14(18)19/h2-3,8,11H,4-7,9H2,1H3,(H,18,19). The van der Waals surface area contributed by atoms with Gasteiger partial charge in [-0.05, 0) is 6.07 Å². The first-order chi connectivity index (χ1) is 10.6. The minimum Gasteiger partial charge on any atom is -0.479 e. The quantitative estimate of drug-likeness (QED) is 0.740. The van der Waals surface area contributed by atoms with Crippen molar-refractivity contribution in [1.29, 1.82) is 0 Å². The lowest BCUT2D eigenvalue weighted by atomic mass is 10.2. The van der Waals surface area contributed by atoms with Crippen molar-refractivity contribution in [2.45, 2.75) is 6.10 Å². The van der Waals surface area contributed by atoms with Crippen LogP contribution in [0.4, 0.5) is 0 Å². The number of carbonyl (C=O) groups excluding carboxylic acids is 1. The number of amides is 1. The molecule has 0 bridgehead atoms. The van der Waals surface area contributed by atoms with Crippen LogP contribution in [0.15, 0.2) is 18.3 Å². The highest BCUT2D eigenvalue weighted by molar-refractivity contribution is 5.94. The minimum atomic E-state index is -1.07. The summed E-state index contributed by atoms with van der Waals surface area (Å²) in [6.07, 6.45) is 0.488. The SMILES string of the molecule is COCCOc1cc(C(=O)N2CCOC(C(=O)O)C2)ccn1. The normalized spacial score (nSPS) is 18.0. The van der Waals surface area contributed by atoms with Gasteiger partial charge < -0.3 is 24.2 Å². The molecule has 0 aromatic carbocycles. The number of carboxylic acids is 1. The third-order valence-corrected chi connectivity index (χ3v) is 3.15. The Morgan fingerprint density at radius 3 is 3.05 bits per heavy atom. The van der Waals surface area contributed by atoms with Crippen molar-refractivity contribution in [3.05, 3.63) is 23.9 Å². The molecule has 1 aromatic heterocycles. The third-order valence-electron chi connectivity index (χ3n) is 3.15. The summed E-state index contributed by atoms with van der Waals surface area (Å²) in [6, 6.07) is 3.10. The molecule has 0 aliphatic carbocycles. The van der Waals surface area contributed by atoms with Crippen LogP contribution >= 0.6 is 0 Å². The number of carbonyl (C=O) groups is 2. The molecule has 1 aliphatic rings. The van der Waals surface area contributed by atoms with E-state index >= 15 is 0 Å². The third kappa shape index (κ3) is 4.15. The van der Waals surface area contributed by atoms with Crippen molar-refractivity contribution in [3.63, 3.8) is 0 Å². The Hall–Kier alpha value is -2.19. The van der Waals surface area contributed by atoms with Crippen LogP contribution in [0.5, 0.6) is 5.88 Å². The summed E-state index contributed by atoms with van der Waals surface area (Å²) in [4.78, 5) is 28.8. The molecule has 0 spiro atoms. The number of aromatic nitrogens is 1. The van der Waals surface area contributed by atoms with Crippen LogP contribution < -0.4 is 4.74 Å². The molecule has 8 heteroatoms. The van der Waals surface area contributed by atoms with Crippen LogP contribution in [-0.2, 0) is 14.3 Å². The van der Waals surface area contributed by atoms with E-state index in [9.17, 15) is 9.59 Å². The van der Waals surface area contributed by atoms with Crippen LogP contribution in [0.3, 0.4) is 0 Å². The highest BCUT2D eigenvalue weighted by Crippen LogP contribution is 2.14. The maximum Gasteiger partial charge on any atom is 0.334 e. The topological polar surface area (TPSA) is 98.2 Å². The first-order valence-electron chi connectivity index (χ1n) is 6.83. The number of ether oxygens (including phenoxy) is 3. The fourth-order valence-corrected chi connectivity index (χ4v) is 2.02. The Labute approximate surface area is 127 Å². The number of aliphatic carboxylic acids is 1. The van der Waals surface area contributed by atoms with Crippen LogP contribution in [0, 0.1) is 0 Å². The number of morpholine rings is 1. The first-order valence-corrected chi connectivity index (χ1v) is 6.83. The zero-order chi connectivity index (χ0) is 15.9. The first kappa shape index (κ1) is 16.2. The number of nitrogens with zero attached hydrogens (tertiary/aromatic N) is 2.